The van der Waals surface area contributed by atoms with Gasteiger partial charge in [-0.2, -0.15) is 0 Å². The second-order valence-corrected chi connectivity index (χ2v) is 7.47. The molecule has 0 saturated carbocycles. The minimum absolute atomic E-state index is 0.0769. The number of aromatic nitrogens is 1. The number of unbranched alkanes of at least 4 members (excludes halogenated alkanes) is 3. The third kappa shape index (κ3) is 6.03. The molecule has 4 nitrogen and oxygen atoms in total. The van der Waals surface area contributed by atoms with E-state index in [-0.39, 0.29) is 30.2 Å². The minimum Gasteiger partial charge on any atom is -0.478 e. The number of thiazole rings is 1. The second-order valence-electron chi connectivity index (χ2n) is 6.59. The molecule has 6 heteroatoms. The molecule has 0 radical (unpaired) electrons. The van der Waals surface area contributed by atoms with Gasteiger partial charge in [0.1, 0.15) is 6.61 Å². The number of benzene rings is 2. The quantitative estimate of drug-likeness (QED) is 0.390. The lowest BCUT2D eigenvalue weighted by Gasteiger charge is -2.09. The predicted octanol–water partition coefficient (Wildman–Crippen LogP) is 5.58. The van der Waals surface area contributed by atoms with Crippen LogP contribution in [0.5, 0.6) is 5.75 Å². The summed E-state index contributed by atoms with van der Waals surface area (Å²) in [5.41, 5.74) is 3.59. The second kappa shape index (κ2) is 10.6. The third-order valence-corrected chi connectivity index (χ3v) is 5.13. The summed E-state index contributed by atoms with van der Waals surface area (Å²) in [5, 5.41) is 2.81. The van der Waals surface area contributed by atoms with Gasteiger partial charge in [-0.15, -0.1) is 11.3 Å². The van der Waals surface area contributed by atoms with Crippen molar-refractivity contribution >= 4 is 33.1 Å². The topological polar surface area (TPSA) is 51.2 Å². The Morgan fingerprint density at radius 1 is 1.24 bits per heavy atom. The molecule has 3 rings (SSSR count). The maximum atomic E-state index is 14.7. The molecule has 0 unspecified atom stereocenters. The summed E-state index contributed by atoms with van der Waals surface area (Å²) in [6.45, 7) is 2.28. The molecule has 1 amide bonds. The Morgan fingerprint density at radius 3 is 3.00 bits per heavy atom. The van der Waals surface area contributed by atoms with E-state index in [9.17, 15) is 9.18 Å². The average Bonchev–Trinajstić information content (AvgIpc) is 3.17. The lowest BCUT2D eigenvalue weighted by Crippen LogP contribution is -2.15. The largest absolute Gasteiger partial charge is 0.478 e. The van der Waals surface area contributed by atoms with E-state index in [0.29, 0.717) is 5.69 Å². The first-order valence-corrected chi connectivity index (χ1v) is 10.5. The fraction of sp³-hybridized carbons (Fsp3) is 0.304. The lowest BCUT2D eigenvalue weighted by molar-refractivity contribution is -0.115. The molecule has 0 bridgehead atoms. The molecule has 0 aliphatic carbocycles. The van der Waals surface area contributed by atoms with Gasteiger partial charge in [-0.3, -0.25) is 4.79 Å². The van der Waals surface area contributed by atoms with Crippen LogP contribution in [0.25, 0.3) is 10.2 Å². The summed E-state index contributed by atoms with van der Waals surface area (Å²) in [5.74, 6) is 5.24. The first-order chi connectivity index (χ1) is 14.2. The van der Waals surface area contributed by atoms with Gasteiger partial charge in [-0.05, 0) is 30.7 Å². The molecule has 0 aliphatic rings. The van der Waals surface area contributed by atoms with Crippen LogP contribution in [-0.2, 0) is 11.2 Å². The van der Waals surface area contributed by atoms with Crippen LogP contribution in [0.2, 0.25) is 0 Å². The molecule has 2 aromatic carbocycles. The Balaban J connectivity index is 1.56. The van der Waals surface area contributed by atoms with E-state index in [1.165, 1.54) is 11.3 Å². The molecule has 0 atom stereocenters. The van der Waals surface area contributed by atoms with Gasteiger partial charge in [0.25, 0.3) is 0 Å². The number of nitrogens with one attached hydrogen (secondary N) is 1. The molecule has 150 valence electrons. The van der Waals surface area contributed by atoms with Crippen LogP contribution in [0, 0.1) is 17.7 Å². The Bertz CT molecular complexity index is 1040. The standard InChI is InChI=1S/C23H23FN2O2S/c1-2-3-4-5-6-7-13-28-20-10-8-9-17(23(20)24)14-22(27)26-18-11-12-19-21(15-18)29-16-25-19/h8-12,15-16H,2-5,13-14H2,1H3,(H,26,27). The normalized spacial score (nSPS) is 10.4. The average molecular weight is 411 g/mol. The van der Waals surface area contributed by atoms with E-state index in [1.54, 1.807) is 29.8 Å². The molecular weight excluding hydrogens is 387 g/mol. The van der Waals surface area contributed by atoms with E-state index in [4.69, 9.17) is 4.74 Å². The number of halogens is 1. The van der Waals surface area contributed by atoms with Gasteiger partial charge in [0.2, 0.25) is 5.91 Å². The highest BCUT2D eigenvalue weighted by atomic mass is 32.1. The zero-order valence-corrected chi connectivity index (χ0v) is 17.2. The van der Waals surface area contributed by atoms with Gasteiger partial charge in [-0.1, -0.05) is 43.7 Å². The molecular formula is C23H23FN2O2S. The number of hydrogen-bond donors (Lipinski definition) is 1. The van der Waals surface area contributed by atoms with Crippen molar-refractivity contribution in [1.82, 2.24) is 4.98 Å². The van der Waals surface area contributed by atoms with E-state index < -0.39 is 5.82 Å². The summed E-state index contributed by atoms with van der Waals surface area (Å²) in [6.07, 6.45) is 4.13. The molecule has 0 aliphatic heterocycles. The summed E-state index contributed by atoms with van der Waals surface area (Å²) in [6, 6.07) is 10.3. The third-order valence-electron chi connectivity index (χ3n) is 4.34. The molecule has 1 N–H and O–H groups in total. The minimum atomic E-state index is -0.520. The predicted molar refractivity (Wildman–Crippen MR) is 116 cm³/mol. The smallest absolute Gasteiger partial charge is 0.228 e. The number of carbonyl (C=O) groups excluding carboxylic acids is 1. The molecule has 3 aromatic rings. The van der Waals surface area contributed by atoms with Crippen molar-refractivity contribution in [3.63, 3.8) is 0 Å². The van der Waals surface area contributed by atoms with Crippen LogP contribution in [0.4, 0.5) is 10.1 Å². The van der Waals surface area contributed by atoms with E-state index in [0.717, 1.165) is 35.9 Å². The highest BCUT2D eigenvalue weighted by Crippen LogP contribution is 2.23. The maximum absolute atomic E-state index is 14.7. The number of amides is 1. The Labute approximate surface area is 174 Å². The van der Waals surface area contributed by atoms with Crippen molar-refractivity contribution in [2.24, 2.45) is 0 Å². The zero-order valence-electron chi connectivity index (χ0n) is 16.3. The number of ether oxygens (including phenoxy) is 1. The van der Waals surface area contributed by atoms with Crippen LogP contribution in [0.15, 0.2) is 41.9 Å². The first kappa shape index (κ1) is 20.8. The number of anilines is 1. The van der Waals surface area contributed by atoms with Gasteiger partial charge in [0, 0.05) is 17.7 Å². The molecule has 1 aromatic heterocycles. The van der Waals surface area contributed by atoms with Crippen molar-refractivity contribution < 1.29 is 13.9 Å². The molecule has 29 heavy (non-hydrogen) atoms. The number of nitrogens with zero attached hydrogens (tertiary/aromatic N) is 1. The molecule has 0 spiro atoms. The van der Waals surface area contributed by atoms with Crippen molar-refractivity contribution in [1.29, 1.82) is 0 Å². The first-order valence-electron chi connectivity index (χ1n) is 9.66. The van der Waals surface area contributed by atoms with Gasteiger partial charge in [0.15, 0.2) is 11.6 Å². The van der Waals surface area contributed by atoms with Crippen molar-refractivity contribution in [2.75, 3.05) is 11.9 Å². The summed E-state index contributed by atoms with van der Waals surface area (Å²) >= 11 is 1.50. The van der Waals surface area contributed by atoms with Crippen LogP contribution >= 0.6 is 11.3 Å². The van der Waals surface area contributed by atoms with Crippen molar-refractivity contribution in [3.05, 3.63) is 53.3 Å². The summed E-state index contributed by atoms with van der Waals surface area (Å²) < 4.78 is 21.1. The highest BCUT2D eigenvalue weighted by molar-refractivity contribution is 7.16. The summed E-state index contributed by atoms with van der Waals surface area (Å²) in [7, 11) is 0. The Kier molecular flexibility index (Phi) is 7.60. The van der Waals surface area contributed by atoms with Gasteiger partial charge < -0.3 is 10.1 Å². The van der Waals surface area contributed by atoms with Gasteiger partial charge in [-0.25, -0.2) is 9.37 Å². The van der Waals surface area contributed by atoms with Crippen molar-refractivity contribution in [2.45, 2.75) is 39.0 Å². The number of hydrogen-bond acceptors (Lipinski definition) is 4. The monoisotopic (exact) mass is 410 g/mol. The SMILES string of the molecule is CCCCCC#CCOc1cccc(CC(=O)Nc2ccc3ncsc3c2)c1F. The van der Waals surface area contributed by atoms with Crippen molar-refractivity contribution in [3.8, 4) is 17.6 Å². The number of rotatable bonds is 8. The van der Waals surface area contributed by atoms with Gasteiger partial charge >= 0.3 is 0 Å². The highest BCUT2D eigenvalue weighted by Gasteiger charge is 2.13. The maximum Gasteiger partial charge on any atom is 0.228 e. The number of fused-ring (bicyclic) bond motifs is 1. The van der Waals surface area contributed by atoms with Crippen LogP contribution in [0.3, 0.4) is 0 Å². The summed E-state index contributed by atoms with van der Waals surface area (Å²) in [4.78, 5) is 16.6. The molecule has 0 fully saturated rings. The molecule has 1 heterocycles. The van der Waals surface area contributed by atoms with E-state index >= 15 is 0 Å². The lowest BCUT2D eigenvalue weighted by atomic mass is 10.1. The van der Waals surface area contributed by atoms with Crippen LogP contribution < -0.4 is 10.1 Å². The Morgan fingerprint density at radius 2 is 2.14 bits per heavy atom. The fourth-order valence-corrected chi connectivity index (χ4v) is 3.55. The zero-order chi connectivity index (χ0) is 20.5. The van der Waals surface area contributed by atoms with Gasteiger partial charge in [0.05, 0.1) is 22.1 Å². The van der Waals surface area contributed by atoms with Crippen LogP contribution in [0.1, 0.15) is 38.2 Å². The Hall–Kier alpha value is -2.91. The van der Waals surface area contributed by atoms with E-state index in [1.807, 2.05) is 12.1 Å². The van der Waals surface area contributed by atoms with E-state index in [2.05, 4.69) is 29.1 Å². The fourth-order valence-electron chi connectivity index (χ4n) is 2.83. The number of carbonyl (C=O) groups is 1. The van der Waals surface area contributed by atoms with Crippen LogP contribution in [-0.4, -0.2) is 17.5 Å². The molecule has 0 saturated heterocycles.